The van der Waals surface area contributed by atoms with Crippen LogP contribution in [0, 0.1) is 0 Å². The Kier molecular flexibility index (Phi) is 9.51. The lowest BCUT2D eigenvalue weighted by Crippen LogP contribution is -2.36. The molecule has 7 nitrogen and oxygen atoms in total. The Balaban J connectivity index is 1.83. The zero-order chi connectivity index (χ0) is 28.1. The molecule has 0 amide bonds. The summed E-state index contributed by atoms with van der Waals surface area (Å²) in [6, 6.07) is 11.2. The summed E-state index contributed by atoms with van der Waals surface area (Å²) in [5.41, 5.74) is 3.99. The highest BCUT2D eigenvalue weighted by Gasteiger charge is 2.42. The number of carbonyl (C=O) groups is 2. The van der Waals surface area contributed by atoms with Gasteiger partial charge in [0, 0.05) is 40.1 Å². The predicted molar refractivity (Wildman–Crippen MR) is 154 cm³/mol. The number of carbonyl (C=O) groups excluding carboxylic acids is 2. The maximum absolute atomic E-state index is 13.9. The number of nitrogens with one attached hydrogen (secondary N) is 1. The van der Waals surface area contributed by atoms with Crippen LogP contribution in [0.4, 0.5) is 0 Å². The quantitative estimate of drug-likeness (QED) is 0.274. The van der Waals surface area contributed by atoms with Gasteiger partial charge in [0.1, 0.15) is 6.61 Å². The highest BCUT2D eigenvalue weighted by Crippen LogP contribution is 2.49. The maximum atomic E-state index is 13.9. The molecular formula is C30H34ClNO6S. The molecular weight excluding hydrogens is 538 g/mol. The molecule has 9 heteroatoms. The van der Waals surface area contributed by atoms with Gasteiger partial charge in [-0.25, -0.2) is 4.79 Å². The van der Waals surface area contributed by atoms with Gasteiger partial charge in [-0.2, -0.15) is 11.8 Å². The number of rotatable bonds is 10. The van der Waals surface area contributed by atoms with Crippen molar-refractivity contribution in [1.29, 1.82) is 0 Å². The van der Waals surface area contributed by atoms with E-state index in [9.17, 15) is 9.59 Å². The second-order valence-electron chi connectivity index (χ2n) is 9.33. The molecule has 0 saturated heterocycles. The fourth-order valence-electron chi connectivity index (χ4n) is 5.35. The molecule has 0 fully saturated rings. The van der Waals surface area contributed by atoms with Gasteiger partial charge >= 0.3 is 5.97 Å². The van der Waals surface area contributed by atoms with Crippen LogP contribution in [0.5, 0.6) is 17.2 Å². The van der Waals surface area contributed by atoms with Gasteiger partial charge in [0.15, 0.2) is 17.3 Å². The van der Waals surface area contributed by atoms with E-state index in [1.54, 1.807) is 23.9 Å². The molecule has 2 aromatic carbocycles. The molecule has 0 unspecified atom stereocenters. The molecule has 0 radical (unpaired) electrons. The van der Waals surface area contributed by atoms with Crippen molar-refractivity contribution in [2.24, 2.45) is 0 Å². The second-order valence-corrected chi connectivity index (χ2v) is 11.1. The normalized spacial score (nSPS) is 18.9. The third kappa shape index (κ3) is 5.92. The van der Waals surface area contributed by atoms with Crippen LogP contribution >= 0.6 is 23.4 Å². The number of hydrogen-bond donors (Lipinski definition) is 1. The Morgan fingerprint density at radius 1 is 1.08 bits per heavy atom. The van der Waals surface area contributed by atoms with Crippen LogP contribution in [0.2, 0.25) is 5.02 Å². The van der Waals surface area contributed by atoms with E-state index in [1.807, 2.05) is 31.2 Å². The summed E-state index contributed by atoms with van der Waals surface area (Å²) in [5, 5.41) is 4.02. The van der Waals surface area contributed by atoms with Gasteiger partial charge in [-0.3, -0.25) is 4.79 Å². The second kappa shape index (κ2) is 12.8. The number of dihydropyridines is 1. The lowest BCUT2D eigenvalue weighted by Gasteiger charge is -2.37. The number of ketones is 1. The SMILES string of the molecule is CCSCCOC(=O)C1=C(C)NC2=C(C(=O)C[C@@H](c3ccccc3Cl)C2)[C@H]1c1cc(OC)c(OC)c(OC)c1. The largest absolute Gasteiger partial charge is 0.493 e. The molecule has 0 bridgehead atoms. The van der Waals surface area contributed by atoms with E-state index in [2.05, 4.69) is 12.2 Å². The number of thioether (sulfide) groups is 1. The molecule has 2 atom stereocenters. The Morgan fingerprint density at radius 2 is 1.77 bits per heavy atom. The standard InChI is InChI=1S/C30H34ClNO6S/c1-6-39-12-11-38-30(34)26-17(2)32-22-13-18(20-9-7-8-10-21(20)31)14-23(33)28(22)27(26)19-15-24(35-3)29(37-5)25(16-19)36-4/h7-10,15-16,18,27,32H,6,11-14H2,1-5H3/t18-,27-/m0/s1. The first-order valence-corrected chi connectivity index (χ1v) is 14.4. The summed E-state index contributed by atoms with van der Waals surface area (Å²) in [6.45, 7) is 4.18. The van der Waals surface area contributed by atoms with Crippen molar-refractivity contribution in [1.82, 2.24) is 5.32 Å². The van der Waals surface area contributed by atoms with Gasteiger partial charge in [-0.1, -0.05) is 36.7 Å². The Hall–Kier alpha value is -3.10. The number of halogens is 1. The molecule has 4 rings (SSSR count). The third-order valence-electron chi connectivity index (χ3n) is 7.08. The molecule has 0 spiro atoms. The average molecular weight is 572 g/mol. The highest BCUT2D eigenvalue weighted by molar-refractivity contribution is 7.99. The van der Waals surface area contributed by atoms with Crippen molar-refractivity contribution < 1.29 is 28.5 Å². The van der Waals surface area contributed by atoms with Gasteiger partial charge in [0.05, 0.1) is 26.9 Å². The molecule has 0 saturated carbocycles. The number of methoxy groups -OCH3 is 3. The fourth-order valence-corrected chi connectivity index (χ4v) is 6.13. The minimum Gasteiger partial charge on any atom is -0.493 e. The fraction of sp³-hybridized carbons (Fsp3) is 0.400. The minimum atomic E-state index is -0.666. The summed E-state index contributed by atoms with van der Waals surface area (Å²) in [6.07, 6.45) is 0.859. The van der Waals surface area contributed by atoms with Crippen LogP contribution in [-0.2, 0) is 14.3 Å². The van der Waals surface area contributed by atoms with Crippen LogP contribution in [0.25, 0.3) is 0 Å². The summed E-state index contributed by atoms with van der Waals surface area (Å²) in [5.74, 6) is 1.70. The molecule has 39 heavy (non-hydrogen) atoms. The number of benzene rings is 2. The van der Waals surface area contributed by atoms with E-state index in [0.717, 1.165) is 17.0 Å². The van der Waals surface area contributed by atoms with Crippen molar-refractivity contribution in [3.63, 3.8) is 0 Å². The first-order chi connectivity index (χ1) is 18.8. The van der Waals surface area contributed by atoms with E-state index < -0.39 is 11.9 Å². The Labute approximate surface area is 238 Å². The van der Waals surface area contributed by atoms with Crippen molar-refractivity contribution >= 4 is 35.1 Å². The average Bonchev–Trinajstić information content (AvgIpc) is 2.93. The number of Topliss-reactive ketones (excluding diaryl/α,β-unsaturated/α-hetero) is 1. The first kappa shape index (κ1) is 28.9. The van der Waals surface area contributed by atoms with E-state index in [-0.39, 0.29) is 24.7 Å². The first-order valence-electron chi connectivity index (χ1n) is 12.9. The van der Waals surface area contributed by atoms with Gasteiger partial charge in [0.2, 0.25) is 5.75 Å². The molecule has 1 N–H and O–H groups in total. The van der Waals surface area contributed by atoms with Crippen LogP contribution in [0.15, 0.2) is 58.9 Å². The summed E-state index contributed by atoms with van der Waals surface area (Å²) >= 11 is 8.20. The predicted octanol–water partition coefficient (Wildman–Crippen LogP) is 6.02. The zero-order valence-electron chi connectivity index (χ0n) is 22.9. The van der Waals surface area contributed by atoms with Crippen LogP contribution in [0.3, 0.4) is 0 Å². The van der Waals surface area contributed by atoms with Crippen molar-refractivity contribution in [2.45, 2.75) is 38.5 Å². The molecule has 2 aliphatic rings. The van der Waals surface area contributed by atoms with Gasteiger partial charge in [-0.15, -0.1) is 0 Å². The van der Waals surface area contributed by atoms with Gasteiger partial charge < -0.3 is 24.3 Å². The number of esters is 1. The van der Waals surface area contributed by atoms with Crippen LogP contribution in [-0.4, -0.2) is 51.2 Å². The summed E-state index contributed by atoms with van der Waals surface area (Å²) in [7, 11) is 4.61. The monoisotopic (exact) mass is 571 g/mol. The van der Waals surface area contributed by atoms with Gasteiger partial charge in [-0.05, 0) is 54.3 Å². The van der Waals surface area contributed by atoms with Crippen molar-refractivity contribution in [3.8, 4) is 17.2 Å². The van der Waals surface area contributed by atoms with Crippen LogP contribution < -0.4 is 19.5 Å². The Bertz CT molecular complexity index is 1300. The maximum Gasteiger partial charge on any atom is 0.336 e. The Morgan fingerprint density at radius 3 is 2.38 bits per heavy atom. The number of ether oxygens (including phenoxy) is 4. The smallest absolute Gasteiger partial charge is 0.336 e. The number of allylic oxidation sites excluding steroid dienone is 3. The van der Waals surface area contributed by atoms with E-state index in [0.29, 0.717) is 56.9 Å². The van der Waals surface area contributed by atoms with Crippen LogP contribution in [0.1, 0.15) is 49.7 Å². The molecule has 208 valence electrons. The topological polar surface area (TPSA) is 83.1 Å². The molecule has 1 aliphatic carbocycles. The third-order valence-corrected chi connectivity index (χ3v) is 8.29. The molecule has 2 aromatic rings. The van der Waals surface area contributed by atoms with Gasteiger partial charge in [0.25, 0.3) is 0 Å². The summed E-state index contributed by atoms with van der Waals surface area (Å²) in [4.78, 5) is 27.4. The molecule has 0 aromatic heterocycles. The highest BCUT2D eigenvalue weighted by atomic mass is 35.5. The molecule has 1 heterocycles. The number of hydrogen-bond acceptors (Lipinski definition) is 8. The molecule has 1 aliphatic heterocycles. The summed E-state index contributed by atoms with van der Waals surface area (Å²) < 4.78 is 22.4. The van der Waals surface area contributed by atoms with Crippen molar-refractivity contribution in [3.05, 3.63) is 75.1 Å². The van der Waals surface area contributed by atoms with E-state index in [4.69, 9.17) is 30.5 Å². The van der Waals surface area contributed by atoms with Crippen molar-refractivity contribution in [2.75, 3.05) is 39.4 Å². The lowest BCUT2D eigenvalue weighted by molar-refractivity contribution is -0.138. The van der Waals surface area contributed by atoms with E-state index in [1.165, 1.54) is 21.3 Å². The lowest BCUT2D eigenvalue weighted by atomic mass is 9.71. The van der Waals surface area contributed by atoms with E-state index >= 15 is 0 Å². The minimum absolute atomic E-state index is 0.0493. The zero-order valence-corrected chi connectivity index (χ0v) is 24.5.